The Balaban J connectivity index is 2.11. The van der Waals surface area contributed by atoms with Crippen LogP contribution in [0.3, 0.4) is 0 Å². The third-order valence-corrected chi connectivity index (χ3v) is 6.71. The molecule has 2 aromatic carbocycles. The number of anilines is 1. The summed E-state index contributed by atoms with van der Waals surface area (Å²) in [5.41, 5.74) is 0.903. The number of benzene rings is 2. The van der Waals surface area contributed by atoms with E-state index in [1.54, 1.807) is 25.2 Å². The van der Waals surface area contributed by atoms with Crippen LogP contribution >= 0.6 is 0 Å². The van der Waals surface area contributed by atoms with Gasteiger partial charge in [-0.2, -0.15) is 0 Å². The minimum absolute atomic E-state index is 0.0401. The van der Waals surface area contributed by atoms with Gasteiger partial charge in [0.25, 0.3) is 5.91 Å². The van der Waals surface area contributed by atoms with Crippen LogP contribution < -0.4 is 10.2 Å². The topological polar surface area (TPSA) is 69.7 Å². The fraction of sp³-hybridized carbons (Fsp3) is 0.464. The number of carbonyl (C=O) groups is 3. The van der Waals surface area contributed by atoms with E-state index in [2.05, 4.69) is 5.32 Å². The number of likely N-dealkylation sites (N-methyl/N-ethyl adjacent to an activating group) is 1. The van der Waals surface area contributed by atoms with E-state index >= 15 is 0 Å². The Hall–Kier alpha value is -3.22. The number of hydrogen-bond donors (Lipinski definition) is 1. The molecular formula is C28H36FN3O3. The maximum absolute atomic E-state index is 14.4. The maximum Gasteiger partial charge on any atom is 0.250 e. The van der Waals surface area contributed by atoms with E-state index in [1.165, 1.54) is 34.9 Å². The van der Waals surface area contributed by atoms with Gasteiger partial charge in [-0.25, -0.2) is 4.39 Å². The molecule has 3 rings (SSSR count). The Kier molecular flexibility index (Phi) is 9.40. The predicted octanol–water partition coefficient (Wildman–Crippen LogP) is 5.00. The van der Waals surface area contributed by atoms with Crippen LogP contribution in [0.15, 0.2) is 54.6 Å². The van der Waals surface area contributed by atoms with Gasteiger partial charge in [0, 0.05) is 25.7 Å². The lowest BCUT2D eigenvalue weighted by atomic mass is 9.94. The van der Waals surface area contributed by atoms with Crippen molar-refractivity contribution in [2.75, 3.05) is 11.9 Å². The van der Waals surface area contributed by atoms with Crippen molar-refractivity contribution in [2.45, 2.75) is 76.9 Å². The summed E-state index contributed by atoms with van der Waals surface area (Å²) in [6.07, 6.45) is 6.13. The van der Waals surface area contributed by atoms with Crippen LogP contribution in [0.2, 0.25) is 0 Å². The molecule has 188 valence electrons. The molecule has 0 bridgehead atoms. The van der Waals surface area contributed by atoms with Crippen molar-refractivity contribution >= 4 is 23.4 Å². The van der Waals surface area contributed by atoms with Gasteiger partial charge in [0.15, 0.2) is 0 Å². The summed E-state index contributed by atoms with van der Waals surface area (Å²) in [5, 5.41) is 3.15. The molecule has 1 N–H and O–H groups in total. The summed E-state index contributed by atoms with van der Waals surface area (Å²) in [6, 6.07) is 13.0. The van der Waals surface area contributed by atoms with Crippen molar-refractivity contribution in [3.05, 3.63) is 66.0 Å². The van der Waals surface area contributed by atoms with E-state index in [-0.39, 0.29) is 23.5 Å². The van der Waals surface area contributed by atoms with Crippen molar-refractivity contribution in [1.29, 1.82) is 0 Å². The number of amides is 3. The molecule has 7 heteroatoms. The minimum atomic E-state index is -1.01. The van der Waals surface area contributed by atoms with Crippen molar-refractivity contribution in [3.63, 3.8) is 0 Å². The summed E-state index contributed by atoms with van der Waals surface area (Å²) < 4.78 is 14.4. The third kappa shape index (κ3) is 6.68. The zero-order valence-electron chi connectivity index (χ0n) is 20.9. The van der Waals surface area contributed by atoms with Gasteiger partial charge in [-0.1, -0.05) is 69.0 Å². The Morgan fingerprint density at radius 1 is 1.03 bits per heavy atom. The number of rotatable bonds is 9. The molecule has 1 fully saturated rings. The van der Waals surface area contributed by atoms with Gasteiger partial charge in [-0.3, -0.25) is 19.3 Å². The third-order valence-electron chi connectivity index (χ3n) is 6.71. The molecule has 0 radical (unpaired) electrons. The second-order valence-electron chi connectivity index (χ2n) is 9.28. The van der Waals surface area contributed by atoms with Crippen LogP contribution in [0.1, 0.15) is 70.4 Å². The number of halogens is 1. The van der Waals surface area contributed by atoms with Gasteiger partial charge < -0.3 is 10.2 Å². The van der Waals surface area contributed by atoms with E-state index in [1.807, 2.05) is 25.1 Å². The number of nitrogens with zero attached hydrogens (tertiary/aromatic N) is 2. The Morgan fingerprint density at radius 2 is 1.71 bits per heavy atom. The molecule has 0 heterocycles. The average molecular weight is 482 g/mol. The molecule has 0 aromatic heterocycles. The molecule has 2 aromatic rings. The van der Waals surface area contributed by atoms with E-state index in [0.717, 1.165) is 32.1 Å². The van der Waals surface area contributed by atoms with Gasteiger partial charge in [0.2, 0.25) is 11.8 Å². The standard InChI is InChI=1S/C28H36FN3O3/c1-4-12-25(31(3)20(2)33)28(35)32(24-18-11-15-22(29)19-24)26(21-13-7-5-8-14-21)27(34)30-23-16-9-6-10-17-23/h5,7-8,11,13-15,18-19,23,25-26H,4,6,9-10,12,16-17H2,1-3H3,(H,30,34). The molecule has 1 saturated carbocycles. The fourth-order valence-corrected chi connectivity index (χ4v) is 4.75. The van der Waals surface area contributed by atoms with Crippen LogP contribution in [0.25, 0.3) is 0 Å². The highest BCUT2D eigenvalue weighted by Gasteiger charge is 2.38. The fourth-order valence-electron chi connectivity index (χ4n) is 4.75. The van der Waals surface area contributed by atoms with Crippen LogP contribution in [-0.2, 0) is 14.4 Å². The molecular weight excluding hydrogens is 445 g/mol. The lowest BCUT2D eigenvalue weighted by molar-refractivity contribution is -0.137. The smallest absolute Gasteiger partial charge is 0.250 e. The van der Waals surface area contributed by atoms with Gasteiger partial charge in [-0.05, 0) is 43.0 Å². The lowest BCUT2D eigenvalue weighted by Crippen LogP contribution is -2.53. The summed E-state index contributed by atoms with van der Waals surface area (Å²) >= 11 is 0. The van der Waals surface area contributed by atoms with Crippen molar-refractivity contribution in [3.8, 4) is 0 Å². The molecule has 3 amide bonds. The Bertz CT molecular complexity index is 1010. The molecule has 2 atom stereocenters. The molecule has 1 aliphatic carbocycles. The zero-order valence-corrected chi connectivity index (χ0v) is 20.9. The quantitative estimate of drug-likeness (QED) is 0.548. The largest absolute Gasteiger partial charge is 0.351 e. The van der Waals surface area contributed by atoms with Gasteiger partial charge >= 0.3 is 0 Å². The van der Waals surface area contributed by atoms with Gasteiger partial charge in [0.05, 0.1) is 0 Å². The van der Waals surface area contributed by atoms with Crippen molar-refractivity contribution in [2.24, 2.45) is 0 Å². The van der Waals surface area contributed by atoms with Crippen LogP contribution in [0.4, 0.5) is 10.1 Å². The zero-order chi connectivity index (χ0) is 25.4. The first-order valence-corrected chi connectivity index (χ1v) is 12.5. The highest BCUT2D eigenvalue weighted by molar-refractivity contribution is 6.04. The molecule has 0 spiro atoms. The SMILES string of the molecule is CCCC(C(=O)N(c1cccc(F)c1)C(C(=O)NC1CCCCC1)c1ccccc1)N(C)C(C)=O. The first-order chi connectivity index (χ1) is 16.8. The first-order valence-electron chi connectivity index (χ1n) is 12.5. The lowest BCUT2D eigenvalue weighted by Gasteiger charge is -2.37. The van der Waals surface area contributed by atoms with Gasteiger partial charge in [-0.15, -0.1) is 0 Å². The second-order valence-corrected chi connectivity index (χ2v) is 9.28. The highest BCUT2D eigenvalue weighted by Crippen LogP contribution is 2.31. The van der Waals surface area contributed by atoms with Gasteiger partial charge in [0.1, 0.15) is 17.9 Å². The Labute approximate surface area is 207 Å². The average Bonchev–Trinajstić information content (AvgIpc) is 2.86. The summed E-state index contributed by atoms with van der Waals surface area (Å²) in [7, 11) is 1.59. The van der Waals surface area contributed by atoms with Crippen molar-refractivity contribution in [1.82, 2.24) is 10.2 Å². The molecule has 35 heavy (non-hydrogen) atoms. The monoisotopic (exact) mass is 481 g/mol. The normalized spacial score (nSPS) is 15.7. The van der Waals surface area contributed by atoms with E-state index in [0.29, 0.717) is 18.4 Å². The molecule has 0 saturated heterocycles. The second kappa shape index (κ2) is 12.5. The van der Waals surface area contributed by atoms with E-state index in [4.69, 9.17) is 0 Å². The summed E-state index contributed by atoms with van der Waals surface area (Å²) in [6.45, 7) is 3.35. The van der Waals surface area contributed by atoms with Crippen molar-refractivity contribution < 1.29 is 18.8 Å². The van der Waals surface area contributed by atoms with Crippen LogP contribution in [-0.4, -0.2) is 41.8 Å². The minimum Gasteiger partial charge on any atom is -0.351 e. The Morgan fingerprint density at radius 3 is 2.31 bits per heavy atom. The number of hydrogen-bond acceptors (Lipinski definition) is 3. The first kappa shape index (κ1) is 26.4. The van der Waals surface area contributed by atoms with Crippen LogP contribution in [0, 0.1) is 5.82 Å². The van der Waals surface area contributed by atoms with E-state index in [9.17, 15) is 18.8 Å². The highest BCUT2D eigenvalue weighted by atomic mass is 19.1. The molecule has 1 aliphatic rings. The van der Waals surface area contributed by atoms with Crippen LogP contribution in [0.5, 0.6) is 0 Å². The van der Waals surface area contributed by atoms with E-state index < -0.39 is 23.8 Å². The number of nitrogens with one attached hydrogen (secondary N) is 1. The predicted molar refractivity (Wildman–Crippen MR) is 135 cm³/mol. The molecule has 2 unspecified atom stereocenters. The number of carbonyl (C=O) groups excluding carboxylic acids is 3. The molecule has 6 nitrogen and oxygen atoms in total. The summed E-state index contributed by atoms with van der Waals surface area (Å²) in [5.74, 6) is -1.48. The summed E-state index contributed by atoms with van der Waals surface area (Å²) in [4.78, 5) is 43.0. The molecule has 0 aliphatic heterocycles. The maximum atomic E-state index is 14.4.